The third kappa shape index (κ3) is 4.75. The van der Waals surface area contributed by atoms with E-state index in [0.29, 0.717) is 47.0 Å². The van der Waals surface area contributed by atoms with Gasteiger partial charge in [0.05, 0.1) is 23.1 Å². The SMILES string of the molecule is CCOC(=O)C1=C(C)NC2=C(C(=O)CC(C)(C)C2)[C@@H]1c1ccc(COc2ccc(F)cc2Cl)o1. The summed E-state index contributed by atoms with van der Waals surface area (Å²) in [6.07, 6.45) is 1.05. The van der Waals surface area contributed by atoms with E-state index in [2.05, 4.69) is 5.32 Å². The van der Waals surface area contributed by atoms with Gasteiger partial charge in [0, 0.05) is 23.4 Å². The second-order valence-corrected chi connectivity index (χ2v) is 9.73. The highest BCUT2D eigenvalue weighted by Gasteiger charge is 2.44. The van der Waals surface area contributed by atoms with Crippen molar-refractivity contribution in [3.05, 3.63) is 75.2 Å². The van der Waals surface area contributed by atoms with Gasteiger partial charge >= 0.3 is 5.97 Å². The molecule has 180 valence electrons. The molecule has 6 nitrogen and oxygen atoms in total. The molecule has 0 unspecified atom stereocenters. The fourth-order valence-electron chi connectivity index (χ4n) is 4.57. The maximum absolute atomic E-state index is 13.3. The Morgan fingerprint density at radius 1 is 1.26 bits per heavy atom. The lowest BCUT2D eigenvalue weighted by molar-refractivity contribution is -0.138. The van der Waals surface area contributed by atoms with Crippen LogP contribution in [0.1, 0.15) is 58.0 Å². The lowest BCUT2D eigenvalue weighted by Gasteiger charge is -2.38. The molecule has 0 saturated heterocycles. The van der Waals surface area contributed by atoms with E-state index in [-0.39, 0.29) is 29.4 Å². The molecule has 1 aromatic heterocycles. The van der Waals surface area contributed by atoms with Crippen LogP contribution < -0.4 is 10.1 Å². The van der Waals surface area contributed by atoms with Crippen LogP contribution in [0, 0.1) is 11.2 Å². The molecule has 4 rings (SSSR count). The zero-order valence-corrected chi connectivity index (χ0v) is 20.3. The summed E-state index contributed by atoms with van der Waals surface area (Å²) < 4.78 is 30.3. The molecule has 1 N–H and O–H groups in total. The Balaban J connectivity index is 1.68. The molecule has 0 spiro atoms. The summed E-state index contributed by atoms with van der Waals surface area (Å²) in [6.45, 7) is 7.90. The average molecular weight is 488 g/mol. The third-order valence-electron chi connectivity index (χ3n) is 5.97. The van der Waals surface area contributed by atoms with Crippen molar-refractivity contribution < 1.29 is 27.9 Å². The summed E-state index contributed by atoms with van der Waals surface area (Å²) in [5, 5.41) is 3.44. The number of carbonyl (C=O) groups is 2. The van der Waals surface area contributed by atoms with Crippen LogP contribution in [0.15, 0.2) is 57.3 Å². The largest absolute Gasteiger partial charge is 0.484 e. The third-order valence-corrected chi connectivity index (χ3v) is 6.26. The minimum Gasteiger partial charge on any atom is -0.484 e. The number of Topliss-reactive ketones (excluding diaryl/α,β-unsaturated/α-hetero) is 1. The van der Waals surface area contributed by atoms with Gasteiger partial charge in [-0.1, -0.05) is 25.4 Å². The van der Waals surface area contributed by atoms with Gasteiger partial charge in [0.2, 0.25) is 0 Å². The fraction of sp³-hybridized carbons (Fsp3) is 0.385. The van der Waals surface area contributed by atoms with Crippen molar-refractivity contribution >= 4 is 23.4 Å². The number of rotatable bonds is 6. The topological polar surface area (TPSA) is 77.8 Å². The van der Waals surface area contributed by atoms with Crippen LogP contribution in [0.4, 0.5) is 4.39 Å². The summed E-state index contributed by atoms with van der Waals surface area (Å²) >= 11 is 6.03. The number of halogens is 2. The molecule has 2 heterocycles. The monoisotopic (exact) mass is 487 g/mol. The number of hydrogen-bond acceptors (Lipinski definition) is 6. The quantitative estimate of drug-likeness (QED) is 0.517. The van der Waals surface area contributed by atoms with Crippen molar-refractivity contribution in [3.63, 3.8) is 0 Å². The van der Waals surface area contributed by atoms with Crippen molar-refractivity contribution in [2.24, 2.45) is 5.41 Å². The van der Waals surface area contributed by atoms with Crippen LogP contribution in [0.3, 0.4) is 0 Å². The molecule has 0 radical (unpaired) electrons. The number of ether oxygens (including phenoxy) is 2. The molecule has 0 amide bonds. The van der Waals surface area contributed by atoms with Gasteiger partial charge in [-0.05, 0) is 56.0 Å². The van der Waals surface area contributed by atoms with E-state index < -0.39 is 17.7 Å². The van der Waals surface area contributed by atoms with E-state index in [1.807, 2.05) is 13.8 Å². The van der Waals surface area contributed by atoms with E-state index in [9.17, 15) is 14.0 Å². The number of esters is 1. The lowest BCUT2D eigenvalue weighted by Crippen LogP contribution is -2.38. The Morgan fingerprint density at radius 2 is 2.03 bits per heavy atom. The van der Waals surface area contributed by atoms with Crippen LogP contribution in [-0.4, -0.2) is 18.4 Å². The molecule has 2 aromatic rings. The minimum atomic E-state index is -0.679. The second-order valence-electron chi connectivity index (χ2n) is 9.32. The number of carbonyl (C=O) groups excluding carboxylic acids is 2. The molecular formula is C26H27ClFNO5. The van der Waals surface area contributed by atoms with E-state index in [1.165, 1.54) is 18.2 Å². The summed E-state index contributed by atoms with van der Waals surface area (Å²) in [7, 11) is 0. The van der Waals surface area contributed by atoms with Crippen molar-refractivity contribution in [2.75, 3.05) is 6.61 Å². The molecule has 0 saturated carbocycles. The molecule has 34 heavy (non-hydrogen) atoms. The maximum atomic E-state index is 13.3. The number of hydrogen-bond donors (Lipinski definition) is 1. The summed E-state index contributed by atoms with van der Waals surface area (Å²) in [4.78, 5) is 26.2. The number of ketones is 1. The van der Waals surface area contributed by atoms with E-state index in [1.54, 1.807) is 26.0 Å². The Labute approximate surface area is 202 Å². The Hall–Kier alpha value is -3.06. The van der Waals surface area contributed by atoms with Gasteiger partial charge in [0.1, 0.15) is 29.7 Å². The number of allylic oxidation sites excluding steroid dienone is 3. The maximum Gasteiger partial charge on any atom is 0.336 e. The highest BCUT2D eigenvalue weighted by molar-refractivity contribution is 6.32. The Morgan fingerprint density at radius 3 is 2.74 bits per heavy atom. The molecule has 0 fully saturated rings. The highest BCUT2D eigenvalue weighted by atomic mass is 35.5. The fourth-order valence-corrected chi connectivity index (χ4v) is 4.79. The lowest BCUT2D eigenvalue weighted by atomic mass is 9.69. The standard InChI is InChI=1S/C26H27ClFNO5/c1-5-32-25(31)22-14(2)29-18-11-26(3,4)12-19(30)23(18)24(22)21-9-7-16(34-21)13-33-20-8-6-15(28)10-17(20)27/h6-10,24,29H,5,11-13H2,1-4H3/t24-/m1/s1. The van der Waals surface area contributed by atoms with E-state index in [4.69, 9.17) is 25.5 Å². The molecule has 2 aliphatic rings. The smallest absolute Gasteiger partial charge is 0.336 e. The van der Waals surface area contributed by atoms with Gasteiger partial charge in [-0.15, -0.1) is 0 Å². The minimum absolute atomic E-state index is 0.0228. The Bertz CT molecular complexity index is 1210. The van der Waals surface area contributed by atoms with Crippen molar-refractivity contribution in [1.82, 2.24) is 5.32 Å². The summed E-state index contributed by atoms with van der Waals surface area (Å²) in [5.74, 6) is -0.405. The van der Waals surface area contributed by atoms with Crippen molar-refractivity contribution in [1.29, 1.82) is 0 Å². The first-order valence-electron chi connectivity index (χ1n) is 11.2. The van der Waals surface area contributed by atoms with Crippen LogP contribution in [0.25, 0.3) is 0 Å². The number of dihydropyridines is 1. The zero-order chi connectivity index (χ0) is 24.6. The van der Waals surface area contributed by atoms with Crippen LogP contribution >= 0.6 is 11.6 Å². The Kier molecular flexibility index (Phi) is 6.58. The first-order chi connectivity index (χ1) is 16.1. The summed E-state index contributed by atoms with van der Waals surface area (Å²) in [6, 6.07) is 7.34. The predicted octanol–water partition coefficient (Wildman–Crippen LogP) is 5.82. The van der Waals surface area contributed by atoms with E-state index >= 15 is 0 Å². The van der Waals surface area contributed by atoms with Crippen LogP contribution in [0.2, 0.25) is 5.02 Å². The second kappa shape index (κ2) is 9.29. The molecule has 1 aliphatic heterocycles. The highest BCUT2D eigenvalue weighted by Crippen LogP contribution is 2.47. The van der Waals surface area contributed by atoms with Gasteiger partial charge in [0.25, 0.3) is 0 Å². The predicted molar refractivity (Wildman–Crippen MR) is 125 cm³/mol. The van der Waals surface area contributed by atoms with Crippen molar-refractivity contribution in [2.45, 2.75) is 53.1 Å². The molecule has 8 heteroatoms. The zero-order valence-electron chi connectivity index (χ0n) is 19.6. The van der Waals surface area contributed by atoms with Gasteiger partial charge < -0.3 is 19.2 Å². The van der Waals surface area contributed by atoms with Crippen molar-refractivity contribution in [3.8, 4) is 5.75 Å². The first kappa shape index (κ1) is 24.1. The normalized spacial score (nSPS) is 19.6. The molecule has 1 aromatic carbocycles. The molecular weight excluding hydrogens is 461 g/mol. The van der Waals surface area contributed by atoms with Crippen LogP contribution in [-0.2, 0) is 20.9 Å². The average Bonchev–Trinajstić information content (AvgIpc) is 3.20. The number of benzene rings is 1. The summed E-state index contributed by atoms with van der Waals surface area (Å²) in [5.41, 5.74) is 2.16. The van der Waals surface area contributed by atoms with Gasteiger partial charge in [-0.2, -0.15) is 0 Å². The van der Waals surface area contributed by atoms with Crippen LogP contribution in [0.5, 0.6) is 5.75 Å². The number of nitrogens with one attached hydrogen (secondary N) is 1. The van der Waals surface area contributed by atoms with Gasteiger partial charge in [-0.3, -0.25) is 4.79 Å². The van der Waals surface area contributed by atoms with Gasteiger partial charge in [0.15, 0.2) is 5.78 Å². The van der Waals surface area contributed by atoms with E-state index in [0.717, 1.165) is 5.70 Å². The molecule has 0 bridgehead atoms. The number of furan rings is 1. The van der Waals surface area contributed by atoms with Gasteiger partial charge in [-0.25, -0.2) is 9.18 Å². The molecule has 1 atom stereocenters. The first-order valence-corrected chi connectivity index (χ1v) is 11.5. The molecule has 1 aliphatic carbocycles.